The van der Waals surface area contributed by atoms with E-state index >= 15 is 0 Å². The van der Waals surface area contributed by atoms with E-state index in [0.717, 1.165) is 6.54 Å². The smallest absolute Gasteiger partial charge is 0.0483 e. The topological polar surface area (TPSA) is 4.93 Å². The molecule has 0 fully saturated rings. The van der Waals surface area contributed by atoms with Gasteiger partial charge in [0.05, 0.1) is 0 Å². The molecule has 0 spiro atoms. The van der Waals surface area contributed by atoms with Gasteiger partial charge >= 0.3 is 0 Å². The highest BCUT2D eigenvalue weighted by molar-refractivity contribution is 5.83. The van der Waals surface area contributed by atoms with Gasteiger partial charge in [0, 0.05) is 23.6 Å². The monoisotopic (exact) mass is 201 g/mol. The van der Waals surface area contributed by atoms with Gasteiger partial charge in [-0.3, -0.25) is 0 Å². The Morgan fingerprint density at radius 2 is 1.93 bits per heavy atom. The second kappa shape index (κ2) is 4.52. The van der Waals surface area contributed by atoms with Crippen LogP contribution in [0, 0.1) is 6.92 Å². The molecule has 0 aliphatic carbocycles. The molecule has 80 valence electrons. The Kier molecular flexibility index (Phi) is 3.10. The van der Waals surface area contributed by atoms with E-state index in [2.05, 4.69) is 48.9 Å². The first-order valence-corrected chi connectivity index (χ1v) is 5.87. The number of rotatable bonds is 4. The predicted octanol–water partition coefficient (Wildman–Crippen LogP) is 4.14. The Morgan fingerprint density at radius 3 is 2.73 bits per heavy atom. The largest absolute Gasteiger partial charge is 0.347 e. The third-order valence-electron chi connectivity index (χ3n) is 2.99. The van der Waals surface area contributed by atoms with Gasteiger partial charge in [-0.1, -0.05) is 38.0 Å². The number of unbranched alkanes of at least 4 members (excludes halogenated alkanes) is 2. The van der Waals surface area contributed by atoms with Crippen LogP contribution in [-0.4, -0.2) is 4.57 Å². The molecule has 0 unspecified atom stereocenters. The van der Waals surface area contributed by atoms with Crippen molar-refractivity contribution in [3.63, 3.8) is 0 Å². The van der Waals surface area contributed by atoms with Crippen LogP contribution in [0.5, 0.6) is 0 Å². The number of aromatic nitrogens is 1. The summed E-state index contributed by atoms with van der Waals surface area (Å²) in [6.07, 6.45) is 6.18. The molecule has 15 heavy (non-hydrogen) atoms. The zero-order chi connectivity index (χ0) is 10.7. The highest BCUT2D eigenvalue weighted by Crippen LogP contribution is 2.20. The zero-order valence-electron chi connectivity index (χ0n) is 9.66. The van der Waals surface area contributed by atoms with Crippen LogP contribution in [0.3, 0.4) is 0 Å². The van der Waals surface area contributed by atoms with E-state index < -0.39 is 0 Å². The molecule has 2 rings (SSSR count). The number of aryl methyl sites for hydroxylation is 2. The predicted molar refractivity (Wildman–Crippen MR) is 66.2 cm³/mol. The summed E-state index contributed by atoms with van der Waals surface area (Å²) in [7, 11) is 0. The number of benzene rings is 1. The van der Waals surface area contributed by atoms with Crippen molar-refractivity contribution >= 4 is 10.9 Å². The molecule has 1 nitrogen and oxygen atoms in total. The Hall–Kier alpha value is -1.24. The maximum Gasteiger partial charge on any atom is 0.0483 e. The van der Waals surface area contributed by atoms with E-state index in [0.29, 0.717) is 0 Å². The third-order valence-corrected chi connectivity index (χ3v) is 2.99. The van der Waals surface area contributed by atoms with Gasteiger partial charge in [0.1, 0.15) is 0 Å². The second-order valence-electron chi connectivity index (χ2n) is 4.23. The fourth-order valence-corrected chi connectivity index (χ4v) is 2.15. The molecule has 0 aliphatic rings. The van der Waals surface area contributed by atoms with E-state index in [-0.39, 0.29) is 0 Å². The molecule has 0 aliphatic heterocycles. The first-order chi connectivity index (χ1) is 7.33. The molecule has 0 N–H and O–H groups in total. The minimum Gasteiger partial charge on any atom is -0.347 e. The number of nitrogens with zero attached hydrogens (tertiary/aromatic N) is 1. The summed E-state index contributed by atoms with van der Waals surface area (Å²) < 4.78 is 2.39. The highest BCUT2D eigenvalue weighted by atomic mass is 14.9. The van der Waals surface area contributed by atoms with Crippen LogP contribution in [-0.2, 0) is 6.54 Å². The summed E-state index contributed by atoms with van der Waals surface area (Å²) in [4.78, 5) is 0. The molecular formula is C14H19N. The molecule has 0 atom stereocenters. The molecule has 0 saturated heterocycles. The van der Waals surface area contributed by atoms with Crippen LogP contribution >= 0.6 is 0 Å². The summed E-state index contributed by atoms with van der Waals surface area (Å²) in [5.41, 5.74) is 2.77. The lowest BCUT2D eigenvalue weighted by atomic mass is 10.2. The molecular weight excluding hydrogens is 182 g/mol. The Labute approximate surface area is 91.7 Å². The van der Waals surface area contributed by atoms with Crippen LogP contribution in [0.2, 0.25) is 0 Å². The standard InChI is InChI=1S/C14H19N/c1-3-4-7-10-15-11-12(2)13-8-5-6-9-14(13)15/h5-6,8-9,11H,3-4,7,10H2,1-2H3. The summed E-state index contributed by atoms with van der Waals surface area (Å²) in [5.74, 6) is 0. The van der Waals surface area contributed by atoms with Gasteiger partial charge in [-0.25, -0.2) is 0 Å². The van der Waals surface area contributed by atoms with E-state index in [9.17, 15) is 0 Å². The van der Waals surface area contributed by atoms with Crippen LogP contribution in [0.1, 0.15) is 31.7 Å². The van der Waals surface area contributed by atoms with Crippen molar-refractivity contribution < 1.29 is 0 Å². The Bertz CT molecular complexity index is 440. The first-order valence-electron chi connectivity index (χ1n) is 5.87. The summed E-state index contributed by atoms with van der Waals surface area (Å²) in [5, 5.41) is 1.40. The van der Waals surface area contributed by atoms with Gasteiger partial charge in [-0.05, 0) is 25.0 Å². The van der Waals surface area contributed by atoms with Crippen LogP contribution in [0.25, 0.3) is 10.9 Å². The molecule has 1 heterocycles. The average Bonchev–Trinajstić information content (AvgIpc) is 2.58. The van der Waals surface area contributed by atoms with Crippen molar-refractivity contribution in [1.29, 1.82) is 0 Å². The van der Waals surface area contributed by atoms with Crippen molar-refractivity contribution in [3.8, 4) is 0 Å². The minimum atomic E-state index is 1.15. The third kappa shape index (κ3) is 2.06. The maximum atomic E-state index is 2.39. The van der Waals surface area contributed by atoms with Gasteiger partial charge in [0.15, 0.2) is 0 Å². The van der Waals surface area contributed by atoms with Crippen molar-refractivity contribution in [1.82, 2.24) is 4.57 Å². The number of para-hydroxylation sites is 1. The van der Waals surface area contributed by atoms with Crippen molar-refractivity contribution in [2.75, 3.05) is 0 Å². The van der Waals surface area contributed by atoms with E-state index in [1.807, 2.05) is 0 Å². The number of hydrogen-bond acceptors (Lipinski definition) is 0. The fraction of sp³-hybridized carbons (Fsp3) is 0.429. The quantitative estimate of drug-likeness (QED) is 0.655. The van der Waals surface area contributed by atoms with Crippen LogP contribution in [0.4, 0.5) is 0 Å². The molecule has 0 radical (unpaired) electrons. The number of fused-ring (bicyclic) bond motifs is 1. The Balaban J connectivity index is 2.27. The van der Waals surface area contributed by atoms with E-state index in [4.69, 9.17) is 0 Å². The molecule has 1 aromatic carbocycles. The van der Waals surface area contributed by atoms with Gasteiger partial charge in [0.25, 0.3) is 0 Å². The zero-order valence-corrected chi connectivity index (χ0v) is 9.66. The first kappa shape index (κ1) is 10.3. The molecule has 1 aromatic heterocycles. The van der Waals surface area contributed by atoms with Gasteiger partial charge in [0.2, 0.25) is 0 Å². The summed E-state index contributed by atoms with van der Waals surface area (Å²) in [6.45, 7) is 5.60. The molecule has 2 aromatic rings. The summed E-state index contributed by atoms with van der Waals surface area (Å²) >= 11 is 0. The molecule has 0 saturated carbocycles. The minimum absolute atomic E-state index is 1.15. The SMILES string of the molecule is CCCCCn1cc(C)c2ccccc21. The second-order valence-corrected chi connectivity index (χ2v) is 4.23. The van der Waals surface area contributed by atoms with Crippen LogP contribution < -0.4 is 0 Å². The fourth-order valence-electron chi connectivity index (χ4n) is 2.15. The molecule has 0 bridgehead atoms. The lowest BCUT2D eigenvalue weighted by Crippen LogP contribution is -1.95. The number of hydrogen-bond donors (Lipinski definition) is 0. The lowest BCUT2D eigenvalue weighted by Gasteiger charge is -2.03. The highest BCUT2D eigenvalue weighted by Gasteiger charge is 2.03. The lowest BCUT2D eigenvalue weighted by molar-refractivity contribution is 0.616. The van der Waals surface area contributed by atoms with Gasteiger partial charge in [-0.15, -0.1) is 0 Å². The van der Waals surface area contributed by atoms with E-state index in [1.165, 1.54) is 35.7 Å². The van der Waals surface area contributed by atoms with Crippen LogP contribution in [0.15, 0.2) is 30.5 Å². The molecule has 0 amide bonds. The van der Waals surface area contributed by atoms with Gasteiger partial charge < -0.3 is 4.57 Å². The Morgan fingerprint density at radius 1 is 1.13 bits per heavy atom. The average molecular weight is 201 g/mol. The normalized spacial score (nSPS) is 11.1. The van der Waals surface area contributed by atoms with Crippen molar-refractivity contribution in [3.05, 3.63) is 36.0 Å². The van der Waals surface area contributed by atoms with Crippen molar-refractivity contribution in [2.24, 2.45) is 0 Å². The summed E-state index contributed by atoms with van der Waals surface area (Å²) in [6, 6.07) is 8.67. The maximum absolute atomic E-state index is 2.39. The molecule has 1 heteroatoms. The van der Waals surface area contributed by atoms with Crippen molar-refractivity contribution in [2.45, 2.75) is 39.7 Å². The van der Waals surface area contributed by atoms with Gasteiger partial charge in [-0.2, -0.15) is 0 Å². The van der Waals surface area contributed by atoms with E-state index in [1.54, 1.807) is 0 Å².